The lowest BCUT2D eigenvalue weighted by molar-refractivity contribution is 0.475. The number of nitrogens with zero attached hydrogens (tertiary/aromatic N) is 3. The second kappa shape index (κ2) is 3.18. The van der Waals surface area contributed by atoms with Gasteiger partial charge in [-0.2, -0.15) is 0 Å². The molecule has 1 N–H and O–H groups in total. The van der Waals surface area contributed by atoms with E-state index in [1.54, 1.807) is 36.5 Å². The molecule has 4 heteroatoms. The van der Waals surface area contributed by atoms with Crippen LogP contribution in [0.4, 0.5) is 0 Å². The van der Waals surface area contributed by atoms with Gasteiger partial charge in [-0.15, -0.1) is 10.2 Å². The van der Waals surface area contributed by atoms with E-state index in [-0.39, 0.29) is 5.75 Å². The Hall–Kier alpha value is -1.97. The van der Waals surface area contributed by atoms with Gasteiger partial charge >= 0.3 is 0 Å². The van der Waals surface area contributed by atoms with Crippen molar-refractivity contribution in [3.8, 4) is 17.0 Å². The number of hydrogen-bond acceptors (Lipinski definition) is 4. The molecule has 1 aromatic carbocycles. The Morgan fingerprint density at radius 3 is 2.38 bits per heavy atom. The molecular formula is C9H7N3O. The summed E-state index contributed by atoms with van der Waals surface area (Å²) in [5.74, 6) is 0.241. The van der Waals surface area contributed by atoms with E-state index in [1.165, 1.54) is 0 Å². The minimum Gasteiger partial charge on any atom is -0.508 e. The first-order chi connectivity index (χ1) is 6.36. The molecule has 0 saturated carbocycles. The summed E-state index contributed by atoms with van der Waals surface area (Å²) in [5.41, 5.74) is 1.66. The zero-order chi connectivity index (χ0) is 9.10. The zero-order valence-electron chi connectivity index (χ0n) is 6.75. The number of aromatic hydroxyl groups is 1. The van der Waals surface area contributed by atoms with Gasteiger partial charge in [0.2, 0.25) is 0 Å². The van der Waals surface area contributed by atoms with E-state index < -0.39 is 0 Å². The van der Waals surface area contributed by atoms with Crippen LogP contribution in [0.15, 0.2) is 36.5 Å². The van der Waals surface area contributed by atoms with Crippen molar-refractivity contribution in [2.45, 2.75) is 0 Å². The van der Waals surface area contributed by atoms with Crippen molar-refractivity contribution in [3.05, 3.63) is 36.5 Å². The molecule has 64 valence electrons. The van der Waals surface area contributed by atoms with Crippen LogP contribution in [-0.4, -0.2) is 20.5 Å². The topological polar surface area (TPSA) is 58.9 Å². The first-order valence-electron chi connectivity index (χ1n) is 3.80. The summed E-state index contributed by atoms with van der Waals surface area (Å²) < 4.78 is 0. The predicted molar refractivity (Wildman–Crippen MR) is 46.9 cm³/mol. The van der Waals surface area contributed by atoms with E-state index in [2.05, 4.69) is 15.4 Å². The molecule has 4 nitrogen and oxygen atoms in total. The minimum absolute atomic E-state index is 0.241. The molecule has 0 spiro atoms. The van der Waals surface area contributed by atoms with Crippen LogP contribution in [0.5, 0.6) is 5.75 Å². The molecule has 0 aliphatic carbocycles. The van der Waals surface area contributed by atoms with Crippen molar-refractivity contribution >= 4 is 0 Å². The van der Waals surface area contributed by atoms with Crippen LogP contribution in [0.3, 0.4) is 0 Å². The molecule has 0 fully saturated rings. The molecule has 1 aromatic heterocycles. The largest absolute Gasteiger partial charge is 0.508 e. The second-order valence-corrected chi connectivity index (χ2v) is 2.55. The average molecular weight is 173 g/mol. The molecule has 0 aliphatic rings. The van der Waals surface area contributed by atoms with E-state index in [0.717, 1.165) is 11.3 Å². The van der Waals surface area contributed by atoms with E-state index >= 15 is 0 Å². The lowest BCUT2D eigenvalue weighted by Crippen LogP contribution is -1.88. The molecule has 13 heavy (non-hydrogen) atoms. The van der Waals surface area contributed by atoms with Crippen LogP contribution in [0, 0.1) is 0 Å². The Morgan fingerprint density at radius 1 is 1.00 bits per heavy atom. The lowest BCUT2D eigenvalue weighted by Gasteiger charge is -1.97. The molecule has 0 radical (unpaired) electrons. The number of hydrogen-bond donors (Lipinski definition) is 1. The van der Waals surface area contributed by atoms with E-state index in [9.17, 15) is 0 Å². The quantitative estimate of drug-likeness (QED) is 0.704. The maximum atomic E-state index is 9.06. The zero-order valence-corrected chi connectivity index (χ0v) is 6.75. The Kier molecular flexibility index (Phi) is 1.88. The van der Waals surface area contributed by atoms with Crippen LogP contribution >= 0.6 is 0 Å². The highest BCUT2D eigenvalue weighted by Crippen LogP contribution is 2.18. The number of phenolic OH excluding ortho intramolecular Hbond substituents is 1. The van der Waals surface area contributed by atoms with E-state index in [1.807, 2.05) is 0 Å². The molecule has 0 bridgehead atoms. The molecule has 0 unspecified atom stereocenters. The maximum Gasteiger partial charge on any atom is 0.115 e. The fraction of sp³-hybridized carbons (Fsp3) is 0. The van der Waals surface area contributed by atoms with Crippen molar-refractivity contribution < 1.29 is 5.11 Å². The van der Waals surface area contributed by atoms with E-state index in [4.69, 9.17) is 5.11 Å². The first kappa shape index (κ1) is 7.67. The third-order valence-electron chi connectivity index (χ3n) is 1.67. The summed E-state index contributed by atoms with van der Waals surface area (Å²) in [6.07, 6.45) is 1.58. The van der Waals surface area contributed by atoms with Gasteiger partial charge in [-0.25, -0.2) is 0 Å². The van der Waals surface area contributed by atoms with Crippen LogP contribution in [0.1, 0.15) is 0 Å². The van der Waals surface area contributed by atoms with Crippen molar-refractivity contribution in [2.24, 2.45) is 0 Å². The van der Waals surface area contributed by atoms with E-state index in [0.29, 0.717) is 0 Å². The summed E-state index contributed by atoms with van der Waals surface area (Å²) in [6.45, 7) is 0. The molecule has 1 heterocycles. The number of rotatable bonds is 1. The summed E-state index contributed by atoms with van der Waals surface area (Å²) in [5, 5.41) is 20.0. The smallest absolute Gasteiger partial charge is 0.115 e. The van der Waals surface area contributed by atoms with Crippen LogP contribution in [0.25, 0.3) is 11.3 Å². The number of aromatic nitrogens is 3. The SMILES string of the molecule is Oc1ccc(-c2ccnnn2)cc1. The van der Waals surface area contributed by atoms with Gasteiger partial charge in [0.15, 0.2) is 0 Å². The molecule has 0 aliphatic heterocycles. The van der Waals surface area contributed by atoms with Gasteiger partial charge in [-0.1, -0.05) is 0 Å². The highest BCUT2D eigenvalue weighted by atomic mass is 16.3. The van der Waals surface area contributed by atoms with Crippen molar-refractivity contribution in [2.75, 3.05) is 0 Å². The minimum atomic E-state index is 0.241. The van der Waals surface area contributed by atoms with Crippen molar-refractivity contribution in [1.82, 2.24) is 15.4 Å². The Bertz CT molecular complexity index is 385. The average Bonchev–Trinajstić information content (AvgIpc) is 2.20. The highest BCUT2D eigenvalue weighted by Gasteiger charge is 1.97. The van der Waals surface area contributed by atoms with Gasteiger partial charge in [-0.05, 0) is 35.5 Å². The fourth-order valence-electron chi connectivity index (χ4n) is 1.03. The van der Waals surface area contributed by atoms with Gasteiger partial charge in [0.1, 0.15) is 5.75 Å². The standard InChI is InChI=1S/C9H7N3O/c13-8-3-1-7(2-4-8)9-5-6-10-12-11-9/h1-6,13H. The van der Waals surface area contributed by atoms with Gasteiger partial charge in [0, 0.05) is 5.56 Å². The third-order valence-corrected chi connectivity index (χ3v) is 1.67. The first-order valence-corrected chi connectivity index (χ1v) is 3.80. The highest BCUT2D eigenvalue weighted by molar-refractivity contribution is 5.58. The van der Waals surface area contributed by atoms with Gasteiger partial charge in [0.05, 0.1) is 11.9 Å². The molecule has 0 atom stereocenters. The Labute approximate surface area is 74.9 Å². The fourth-order valence-corrected chi connectivity index (χ4v) is 1.03. The number of benzene rings is 1. The second-order valence-electron chi connectivity index (χ2n) is 2.55. The molecule has 0 saturated heterocycles. The van der Waals surface area contributed by atoms with Gasteiger partial charge in [-0.3, -0.25) is 0 Å². The maximum absolute atomic E-state index is 9.06. The van der Waals surface area contributed by atoms with Gasteiger partial charge in [0.25, 0.3) is 0 Å². The van der Waals surface area contributed by atoms with Crippen LogP contribution < -0.4 is 0 Å². The molecule has 2 aromatic rings. The summed E-state index contributed by atoms with van der Waals surface area (Å²) >= 11 is 0. The van der Waals surface area contributed by atoms with Crippen molar-refractivity contribution in [1.29, 1.82) is 0 Å². The van der Waals surface area contributed by atoms with Crippen LogP contribution in [0.2, 0.25) is 0 Å². The monoisotopic (exact) mass is 173 g/mol. The third kappa shape index (κ3) is 1.61. The Morgan fingerprint density at radius 2 is 1.77 bits per heavy atom. The van der Waals surface area contributed by atoms with Gasteiger partial charge < -0.3 is 5.11 Å². The molecule has 2 rings (SSSR count). The summed E-state index contributed by atoms with van der Waals surface area (Å²) in [4.78, 5) is 0. The summed E-state index contributed by atoms with van der Waals surface area (Å²) in [6, 6.07) is 8.53. The lowest BCUT2D eigenvalue weighted by atomic mass is 10.1. The van der Waals surface area contributed by atoms with Crippen LogP contribution in [-0.2, 0) is 0 Å². The summed E-state index contributed by atoms with van der Waals surface area (Å²) in [7, 11) is 0. The predicted octanol–water partition coefficient (Wildman–Crippen LogP) is 1.24. The Balaban J connectivity index is 2.42. The molecule has 0 amide bonds. The van der Waals surface area contributed by atoms with Crippen molar-refractivity contribution in [3.63, 3.8) is 0 Å². The normalized spacial score (nSPS) is 9.85. The number of phenols is 1. The molecular weight excluding hydrogens is 166 g/mol.